The predicted molar refractivity (Wildman–Crippen MR) is 69.6 cm³/mol. The molecule has 5 nitrogen and oxygen atoms in total. The van der Waals surface area contributed by atoms with Crippen LogP contribution < -0.4 is 0 Å². The van der Waals surface area contributed by atoms with Crippen molar-refractivity contribution in [2.24, 2.45) is 13.0 Å². The highest BCUT2D eigenvalue weighted by Crippen LogP contribution is 2.35. The lowest BCUT2D eigenvalue weighted by Crippen LogP contribution is -2.25. The van der Waals surface area contributed by atoms with Crippen LogP contribution in [-0.4, -0.2) is 31.1 Å². The van der Waals surface area contributed by atoms with Gasteiger partial charge in [-0.1, -0.05) is 31.0 Å². The number of carboxylic acid groups (broad SMARTS) is 1. The van der Waals surface area contributed by atoms with Crippen molar-refractivity contribution in [3.05, 3.63) is 5.82 Å². The van der Waals surface area contributed by atoms with Gasteiger partial charge in [-0.3, -0.25) is 4.79 Å². The van der Waals surface area contributed by atoms with Crippen LogP contribution in [0.1, 0.15) is 37.9 Å². The summed E-state index contributed by atoms with van der Waals surface area (Å²) in [5.41, 5.74) is 0. The molecule has 0 saturated heterocycles. The van der Waals surface area contributed by atoms with E-state index in [0.717, 1.165) is 43.1 Å². The van der Waals surface area contributed by atoms with Crippen LogP contribution in [0.5, 0.6) is 0 Å². The van der Waals surface area contributed by atoms with Gasteiger partial charge in [0, 0.05) is 12.3 Å². The number of aromatic nitrogens is 3. The van der Waals surface area contributed by atoms with Gasteiger partial charge < -0.3 is 9.67 Å². The summed E-state index contributed by atoms with van der Waals surface area (Å²) >= 11 is 1.57. The van der Waals surface area contributed by atoms with Crippen molar-refractivity contribution < 1.29 is 9.90 Å². The fourth-order valence-corrected chi connectivity index (χ4v) is 3.67. The Hall–Kier alpha value is -1.04. The van der Waals surface area contributed by atoms with E-state index in [1.54, 1.807) is 11.8 Å². The fourth-order valence-electron chi connectivity index (χ4n) is 2.32. The molecule has 18 heavy (non-hydrogen) atoms. The first-order chi connectivity index (χ1) is 8.59. The molecule has 0 aliphatic heterocycles. The second-order valence-corrected chi connectivity index (χ2v) is 6.03. The number of carbonyl (C=O) groups is 1. The minimum Gasteiger partial charge on any atom is -0.481 e. The van der Waals surface area contributed by atoms with Crippen LogP contribution in [0.4, 0.5) is 0 Å². The van der Waals surface area contributed by atoms with Crippen molar-refractivity contribution in [1.29, 1.82) is 0 Å². The number of aliphatic carboxylic acids is 1. The van der Waals surface area contributed by atoms with Crippen LogP contribution in [0.15, 0.2) is 5.16 Å². The second kappa shape index (κ2) is 5.73. The number of rotatable bonds is 3. The summed E-state index contributed by atoms with van der Waals surface area (Å²) < 4.78 is 1.93. The quantitative estimate of drug-likeness (QED) is 0.852. The third-order valence-electron chi connectivity index (χ3n) is 3.58. The summed E-state index contributed by atoms with van der Waals surface area (Å²) in [6, 6.07) is 0. The molecule has 1 aromatic heterocycles. The second-order valence-electron chi connectivity index (χ2n) is 4.83. The van der Waals surface area contributed by atoms with Gasteiger partial charge in [0.15, 0.2) is 5.16 Å². The van der Waals surface area contributed by atoms with Crippen molar-refractivity contribution >= 4 is 17.7 Å². The molecule has 2 rings (SSSR count). The molecule has 1 aliphatic carbocycles. The van der Waals surface area contributed by atoms with Crippen molar-refractivity contribution in [2.75, 3.05) is 0 Å². The van der Waals surface area contributed by atoms with Gasteiger partial charge in [0.1, 0.15) is 5.82 Å². The summed E-state index contributed by atoms with van der Waals surface area (Å²) in [5.74, 6) is -0.0687. The van der Waals surface area contributed by atoms with E-state index in [0.29, 0.717) is 0 Å². The Kier molecular flexibility index (Phi) is 4.27. The van der Waals surface area contributed by atoms with E-state index in [1.165, 1.54) is 0 Å². The zero-order valence-electron chi connectivity index (χ0n) is 10.8. The van der Waals surface area contributed by atoms with Crippen molar-refractivity contribution in [1.82, 2.24) is 14.8 Å². The molecule has 6 heteroatoms. The maximum Gasteiger partial charge on any atom is 0.307 e. The first kappa shape index (κ1) is 13.4. The minimum absolute atomic E-state index is 0.118. The van der Waals surface area contributed by atoms with E-state index in [-0.39, 0.29) is 11.2 Å². The zero-order chi connectivity index (χ0) is 13.1. The topological polar surface area (TPSA) is 68.0 Å². The molecule has 1 aliphatic rings. The SMILES string of the molecule is Cc1nnc(SC2CCCCCC2C(=O)O)n1C. The molecule has 0 amide bonds. The van der Waals surface area contributed by atoms with Crippen molar-refractivity contribution in [3.8, 4) is 0 Å². The van der Waals surface area contributed by atoms with Crippen LogP contribution in [0.3, 0.4) is 0 Å². The Morgan fingerprint density at radius 1 is 1.33 bits per heavy atom. The van der Waals surface area contributed by atoms with Crippen LogP contribution in [0, 0.1) is 12.8 Å². The Balaban J connectivity index is 2.13. The van der Waals surface area contributed by atoms with E-state index in [2.05, 4.69) is 10.2 Å². The van der Waals surface area contributed by atoms with E-state index in [4.69, 9.17) is 0 Å². The molecule has 2 unspecified atom stereocenters. The maximum absolute atomic E-state index is 11.3. The average molecular weight is 269 g/mol. The maximum atomic E-state index is 11.3. The molecule has 0 aromatic carbocycles. The van der Waals surface area contributed by atoms with E-state index >= 15 is 0 Å². The molecule has 100 valence electrons. The third kappa shape index (κ3) is 2.85. The third-order valence-corrected chi connectivity index (χ3v) is 5.01. The Morgan fingerprint density at radius 2 is 2.06 bits per heavy atom. The van der Waals surface area contributed by atoms with Crippen LogP contribution >= 0.6 is 11.8 Å². The Bertz CT molecular complexity index is 433. The smallest absolute Gasteiger partial charge is 0.307 e. The van der Waals surface area contributed by atoms with Crippen LogP contribution in [0.25, 0.3) is 0 Å². The molecular weight excluding hydrogens is 250 g/mol. The van der Waals surface area contributed by atoms with Gasteiger partial charge in [-0.05, 0) is 19.8 Å². The Morgan fingerprint density at radius 3 is 2.67 bits per heavy atom. The number of hydrogen-bond donors (Lipinski definition) is 1. The van der Waals surface area contributed by atoms with Gasteiger partial charge in [-0.25, -0.2) is 0 Å². The number of carboxylic acids is 1. The number of hydrogen-bond acceptors (Lipinski definition) is 4. The highest BCUT2D eigenvalue weighted by molar-refractivity contribution is 7.99. The van der Waals surface area contributed by atoms with Gasteiger partial charge in [-0.15, -0.1) is 10.2 Å². The van der Waals surface area contributed by atoms with E-state index in [9.17, 15) is 9.90 Å². The first-order valence-corrected chi connectivity index (χ1v) is 7.23. The van der Waals surface area contributed by atoms with Crippen molar-refractivity contribution in [2.45, 2.75) is 49.4 Å². The van der Waals surface area contributed by atoms with Crippen LogP contribution in [0.2, 0.25) is 0 Å². The zero-order valence-corrected chi connectivity index (χ0v) is 11.6. The van der Waals surface area contributed by atoms with Gasteiger partial charge in [0.25, 0.3) is 0 Å². The lowest BCUT2D eigenvalue weighted by molar-refractivity contribution is -0.141. The van der Waals surface area contributed by atoms with E-state index < -0.39 is 5.97 Å². The largest absolute Gasteiger partial charge is 0.481 e. The summed E-state index contributed by atoms with van der Waals surface area (Å²) in [7, 11) is 1.92. The lowest BCUT2D eigenvalue weighted by Gasteiger charge is -2.20. The predicted octanol–water partition coefficient (Wildman–Crippen LogP) is 2.25. The molecule has 1 fully saturated rings. The molecule has 1 heterocycles. The van der Waals surface area contributed by atoms with Gasteiger partial charge >= 0.3 is 5.97 Å². The van der Waals surface area contributed by atoms with E-state index in [1.807, 2.05) is 18.5 Å². The monoisotopic (exact) mass is 269 g/mol. The molecule has 0 bridgehead atoms. The fraction of sp³-hybridized carbons (Fsp3) is 0.750. The number of nitrogens with zero attached hydrogens (tertiary/aromatic N) is 3. The lowest BCUT2D eigenvalue weighted by atomic mass is 10.0. The summed E-state index contributed by atoms with van der Waals surface area (Å²) in [6.45, 7) is 1.90. The molecule has 0 spiro atoms. The molecule has 1 N–H and O–H groups in total. The average Bonchev–Trinajstić information content (AvgIpc) is 2.57. The summed E-state index contributed by atoms with van der Waals surface area (Å²) in [6.07, 6.45) is 5.00. The highest BCUT2D eigenvalue weighted by atomic mass is 32.2. The van der Waals surface area contributed by atoms with Crippen molar-refractivity contribution in [3.63, 3.8) is 0 Å². The van der Waals surface area contributed by atoms with Gasteiger partial charge in [-0.2, -0.15) is 0 Å². The normalized spacial score (nSPS) is 24.8. The van der Waals surface area contributed by atoms with Gasteiger partial charge in [0.05, 0.1) is 5.92 Å². The molecule has 1 aromatic rings. The number of aryl methyl sites for hydroxylation is 1. The minimum atomic E-state index is -0.673. The molecule has 0 radical (unpaired) electrons. The number of thioether (sulfide) groups is 1. The first-order valence-electron chi connectivity index (χ1n) is 6.35. The molecule has 2 atom stereocenters. The Labute approximate surface area is 111 Å². The molecule has 1 saturated carbocycles. The highest BCUT2D eigenvalue weighted by Gasteiger charge is 2.31. The van der Waals surface area contributed by atoms with Crippen LogP contribution in [-0.2, 0) is 11.8 Å². The molecular formula is C12H19N3O2S. The van der Waals surface area contributed by atoms with Gasteiger partial charge in [0.2, 0.25) is 0 Å². The summed E-state index contributed by atoms with van der Waals surface area (Å²) in [5, 5.41) is 18.4. The summed E-state index contributed by atoms with van der Waals surface area (Å²) in [4.78, 5) is 11.3. The standard InChI is InChI=1S/C12H19N3O2S/c1-8-13-14-12(15(8)2)18-10-7-5-3-4-6-9(10)11(16)17/h9-10H,3-7H2,1-2H3,(H,16,17).